The van der Waals surface area contributed by atoms with Crippen LogP contribution in [-0.4, -0.2) is 29.9 Å². The van der Waals surface area contributed by atoms with E-state index in [1.165, 1.54) is 0 Å². The topological polar surface area (TPSA) is 43.7 Å². The van der Waals surface area contributed by atoms with E-state index in [9.17, 15) is 5.11 Å². The number of nitrogens with zero attached hydrogens (tertiary/aromatic N) is 1. The Hall–Kier alpha value is -1.32. The molecule has 1 rings (SSSR count). The maximum atomic E-state index is 9.67. The van der Waals surface area contributed by atoms with Crippen LogP contribution in [0.25, 0.3) is 0 Å². The second-order valence-electron chi connectivity index (χ2n) is 3.69. The third-order valence-electron chi connectivity index (χ3n) is 2.45. The van der Waals surface area contributed by atoms with Crippen molar-refractivity contribution in [1.82, 2.24) is 0 Å². The van der Waals surface area contributed by atoms with Crippen molar-refractivity contribution >= 4 is 5.69 Å². The van der Waals surface area contributed by atoms with Gasteiger partial charge in [-0.15, -0.1) is 6.58 Å². The summed E-state index contributed by atoms with van der Waals surface area (Å²) in [5, 5.41) is 18.7. The summed E-state index contributed by atoms with van der Waals surface area (Å²) in [6.07, 6.45) is 1.27. The lowest BCUT2D eigenvalue weighted by molar-refractivity contribution is 0.199. The van der Waals surface area contributed by atoms with Crippen molar-refractivity contribution in [3.05, 3.63) is 42.5 Å². The number of benzene rings is 1. The summed E-state index contributed by atoms with van der Waals surface area (Å²) >= 11 is 0. The highest BCUT2D eigenvalue weighted by Gasteiger charge is 2.12. The molecule has 16 heavy (non-hydrogen) atoms. The van der Waals surface area contributed by atoms with Crippen molar-refractivity contribution in [3.63, 3.8) is 0 Å². The Balaban J connectivity index is 3.01. The molecule has 88 valence electrons. The Morgan fingerprint density at radius 2 is 2.12 bits per heavy atom. The Labute approximate surface area is 96.6 Å². The van der Waals surface area contributed by atoms with E-state index in [1.807, 2.05) is 29.2 Å². The van der Waals surface area contributed by atoms with Gasteiger partial charge in [-0.2, -0.15) is 0 Å². The van der Waals surface area contributed by atoms with Gasteiger partial charge in [0.05, 0.1) is 12.7 Å². The normalized spacial score (nSPS) is 12.2. The number of hydrogen-bond donors (Lipinski definition) is 2. The molecule has 0 saturated heterocycles. The Morgan fingerprint density at radius 3 is 2.69 bits per heavy atom. The van der Waals surface area contributed by atoms with Gasteiger partial charge in [0.25, 0.3) is 0 Å². The summed E-state index contributed by atoms with van der Waals surface area (Å²) in [6.45, 7) is 6.72. The van der Waals surface area contributed by atoms with Crippen LogP contribution in [-0.2, 0) is 0 Å². The van der Waals surface area contributed by atoms with Crippen molar-refractivity contribution in [2.45, 2.75) is 13.0 Å². The highest BCUT2D eigenvalue weighted by atomic mass is 16.3. The van der Waals surface area contributed by atoms with Gasteiger partial charge in [-0.1, -0.05) is 24.3 Å². The standard InChI is InChI=1S/C13H19NO2/c1-3-8-14(9-10-15)13-7-5-4-6-12(13)11(2)16/h3-7,11,15-16H,1,8-10H2,2H3/t11-/m1/s1. The molecule has 3 heteroatoms. The van der Waals surface area contributed by atoms with Crippen LogP contribution in [0.1, 0.15) is 18.6 Å². The SMILES string of the molecule is C=CCN(CCO)c1ccccc1[C@@H](C)O. The highest BCUT2D eigenvalue weighted by molar-refractivity contribution is 5.55. The van der Waals surface area contributed by atoms with Crippen LogP contribution >= 0.6 is 0 Å². The molecule has 2 N–H and O–H groups in total. The highest BCUT2D eigenvalue weighted by Crippen LogP contribution is 2.25. The van der Waals surface area contributed by atoms with Crippen LogP contribution in [0.5, 0.6) is 0 Å². The number of rotatable bonds is 6. The molecule has 0 aliphatic carbocycles. The Kier molecular flexibility index (Phi) is 5.02. The van der Waals surface area contributed by atoms with Crippen LogP contribution in [0.2, 0.25) is 0 Å². The first-order valence-corrected chi connectivity index (χ1v) is 5.44. The zero-order valence-corrected chi connectivity index (χ0v) is 9.63. The summed E-state index contributed by atoms with van der Waals surface area (Å²) < 4.78 is 0. The van der Waals surface area contributed by atoms with E-state index in [-0.39, 0.29) is 6.61 Å². The first-order chi connectivity index (χ1) is 7.70. The van der Waals surface area contributed by atoms with Crippen molar-refractivity contribution < 1.29 is 10.2 Å². The monoisotopic (exact) mass is 221 g/mol. The molecule has 3 nitrogen and oxygen atoms in total. The van der Waals surface area contributed by atoms with Gasteiger partial charge in [-0.25, -0.2) is 0 Å². The predicted octanol–water partition coefficient (Wildman–Crippen LogP) is 1.72. The molecule has 1 atom stereocenters. The first-order valence-electron chi connectivity index (χ1n) is 5.44. The summed E-state index contributed by atoms with van der Waals surface area (Å²) in [5.74, 6) is 0. The van der Waals surface area contributed by atoms with Crippen molar-refractivity contribution in [2.75, 3.05) is 24.6 Å². The number of para-hydroxylation sites is 1. The maximum absolute atomic E-state index is 9.67. The number of aliphatic hydroxyl groups is 2. The van der Waals surface area contributed by atoms with Gasteiger partial charge < -0.3 is 15.1 Å². The molecule has 0 bridgehead atoms. The minimum Gasteiger partial charge on any atom is -0.395 e. The minimum atomic E-state index is -0.512. The number of aliphatic hydroxyl groups excluding tert-OH is 2. The fourth-order valence-corrected chi connectivity index (χ4v) is 1.72. The fourth-order valence-electron chi connectivity index (χ4n) is 1.72. The van der Waals surface area contributed by atoms with Crippen molar-refractivity contribution in [2.24, 2.45) is 0 Å². The molecule has 0 fully saturated rings. The average Bonchev–Trinajstić information content (AvgIpc) is 2.29. The van der Waals surface area contributed by atoms with E-state index >= 15 is 0 Å². The third-order valence-corrected chi connectivity index (χ3v) is 2.45. The molecule has 0 aliphatic rings. The molecule has 0 aliphatic heterocycles. The molecule has 1 aromatic rings. The maximum Gasteiger partial charge on any atom is 0.0781 e. The molecule has 0 aromatic heterocycles. The van der Waals surface area contributed by atoms with Gasteiger partial charge in [-0.3, -0.25) is 0 Å². The first kappa shape index (κ1) is 12.7. The third kappa shape index (κ3) is 3.08. The summed E-state index contributed by atoms with van der Waals surface area (Å²) in [4.78, 5) is 2.00. The number of anilines is 1. The zero-order valence-electron chi connectivity index (χ0n) is 9.63. The lowest BCUT2D eigenvalue weighted by atomic mass is 10.1. The van der Waals surface area contributed by atoms with Crippen LogP contribution in [0.4, 0.5) is 5.69 Å². The zero-order chi connectivity index (χ0) is 12.0. The van der Waals surface area contributed by atoms with Gasteiger partial charge in [-0.05, 0) is 13.0 Å². The van der Waals surface area contributed by atoms with Gasteiger partial charge >= 0.3 is 0 Å². The second kappa shape index (κ2) is 6.30. The van der Waals surface area contributed by atoms with E-state index in [0.717, 1.165) is 11.3 Å². The molecular formula is C13H19NO2. The largest absolute Gasteiger partial charge is 0.395 e. The Morgan fingerprint density at radius 1 is 1.44 bits per heavy atom. The van der Waals surface area contributed by atoms with E-state index in [1.54, 1.807) is 13.0 Å². The predicted molar refractivity (Wildman–Crippen MR) is 66.6 cm³/mol. The van der Waals surface area contributed by atoms with E-state index in [0.29, 0.717) is 13.1 Å². The number of hydrogen-bond acceptors (Lipinski definition) is 3. The van der Waals surface area contributed by atoms with E-state index < -0.39 is 6.10 Å². The average molecular weight is 221 g/mol. The van der Waals surface area contributed by atoms with E-state index in [2.05, 4.69) is 6.58 Å². The smallest absolute Gasteiger partial charge is 0.0781 e. The van der Waals surface area contributed by atoms with Crippen LogP contribution in [0.3, 0.4) is 0 Å². The summed E-state index contributed by atoms with van der Waals surface area (Å²) in [5.41, 5.74) is 1.82. The fraction of sp³-hybridized carbons (Fsp3) is 0.385. The minimum absolute atomic E-state index is 0.0853. The molecule has 0 radical (unpaired) electrons. The van der Waals surface area contributed by atoms with Crippen LogP contribution < -0.4 is 4.90 Å². The lowest BCUT2D eigenvalue weighted by Crippen LogP contribution is -2.27. The lowest BCUT2D eigenvalue weighted by Gasteiger charge is -2.26. The summed E-state index contributed by atoms with van der Waals surface area (Å²) in [6, 6.07) is 7.67. The molecule has 0 spiro atoms. The molecular weight excluding hydrogens is 202 g/mol. The quantitative estimate of drug-likeness (QED) is 0.719. The molecule has 0 amide bonds. The van der Waals surface area contributed by atoms with Gasteiger partial charge in [0.2, 0.25) is 0 Å². The molecule has 0 unspecified atom stereocenters. The second-order valence-corrected chi connectivity index (χ2v) is 3.69. The Bertz CT molecular complexity index is 336. The molecule has 0 heterocycles. The van der Waals surface area contributed by atoms with E-state index in [4.69, 9.17) is 5.11 Å². The molecule has 1 aromatic carbocycles. The molecule has 0 saturated carbocycles. The van der Waals surface area contributed by atoms with Gasteiger partial charge in [0.1, 0.15) is 0 Å². The van der Waals surface area contributed by atoms with Crippen LogP contribution in [0, 0.1) is 0 Å². The summed E-state index contributed by atoms with van der Waals surface area (Å²) in [7, 11) is 0. The van der Waals surface area contributed by atoms with Gasteiger partial charge in [0.15, 0.2) is 0 Å². The van der Waals surface area contributed by atoms with Crippen molar-refractivity contribution in [3.8, 4) is 0 Å². The van der Waals surface area contributed by atoms with Crippen LogP contribution in [0.15, 0.2) is 36.9 Å². The van der Waals surface area contributed by atoms with Gasteiger partial charge in [0, 0.05) is 24.3 Å². The van der Waals surface area contributed by atoms with Crippen molar-refractivity contribution in [1.29, 1.82) is 0 Å².